The molecule has 1 aromatic carbocycles. The number of thiophene rings is 1. The minimum Gasteiger partial charge on any atom is -0.361 e. The Kier molecular flexibility index (Phi) is 3.17. The Hall–Kier alpha value is -1.58. The number of H-pyrrole nitrogens is 1. The van der Waals surface area contributed by atoms with Crippen molar-refractivity contribution in [2.45, 2.75) is 19.5 Å². The van der Waals surface area contributed by atoms with Gasteiger partial charge in [-0.15, -0.1) is 11.3 Å². The number of hydrogen-bond acceptors (Lipinski definition) is 2. The van der Waals surface area contributed by atoms with Crippen LogP contribution in [-0.2, 0) is 6.54 Å². The number of fused-ring (bicyclic) bond motifs is 1. The van der Waals surface area contributed by atoms with Crippen LogP contribution < -0.4 is 5.32 Å². The van der Waals surface area contributed by atoms with Gasteiger partial charge in [-0.25, -0.2) is 0 Å². The zero-order valence-electron chi connectivity index (χ0n) is 10.3. The molecular weight excluding hydrogens is 240 g/mol. The summed E-state index contributed by atoms with van der Waals surface area (Å²) in [6.45, 7) is 3.10. The monoisotopic (exact) mass is 256 g/mol. The highest BCUT2D eigenvalue weighted by Crippen LogP contribution is 2.21. The van der Waals surface area contributed by atoms with Gasteiger partial charge in [-0.1, -0.05) is 24.3 Å². The van der Waals surface area contributed by atoms with Crippen LogP contribution in [-0.4, -0.2) is 4.98 Å². The molecule has 2 aromatic heterocycles. The largest absolute Gasteiger partial charge is 0.361 e. The topological polar surface area (TPSA) is 27.8 Å². The summed E-state index contributed by atoms with van der Waals surface area (Å²) < 4.78 is 0. The fourth-order valence-corrected chi connectivity index (χ4v) is 2.94. The Bertz CT molecular complexity index is 625. The van der Waals surface area contributed by atoms with E-state index in [0.717, 1.165) is 6.54 Å². The Labute approximate surface area is 111 Å². The molecule has 2 nitrogen and oxygen atoms in total. The maximum atomic E-state index is 3.57. The van der Waals surface area contributed by atoms with E-state index in [0.29, 0.717) is 6.04 Å². The highest BCUT2D eigenvalue weighted by molar-refractivity contribution is 7.10. The highest BCUT2D eigenvalue weighted by Gasteiger charge is 2.07. The summed E-state index contributed by atoms with van der Waals surface area (Å²) in [4.78, 5) is 4.69. The molecule has 0 aliphatic rings. The summed E-state index contributed by atoms with van der Waals surface area (Å²) in [6.07, 6.45) is 2.10. The van der Waals surface area contributed by atoms with E-state index in [-0.39, 0.29) is 0 Å². The molecule has 3 aromatic rings. The van der Waals surface area contributed by atoms with E-state index in [1.54, 1.807) is 11.3 Å². The molecule has 0 unspecified atom stereocenters. The molecule has 0 radical (unpaired) electrons. The van der Waals surface area contributed by atoms with Gasteiger partial charge in [0.1, 0.15) is 0 Å². The third kappa shape index (κ3) is 2.19. The Morgan fingerprint density at radius 2 is 2.11 bits per heavy atom. The minimum atomic E-state index is 0.402. The second-order valence-electron chi connectivity index (χ2n) is 4.48. The second-order valence-corrected chi connectivity index (χ2v) is 5.46. The predicted octanol–water partition coefficient (Wildman–Crippen LogP) is 4.08. The van der Waals surface area contributed by atoms with Crippen LogP contribution in [0.4, 0.5) is 0 Å². The van der Waals surface area contributed by atoms with E-state index in [4.69, 9.17) is 0 Å². The van der Waals surface area contributed by atoms with E-state index < -0.39 is 0 Å². The lowest BCUT2D eigenvalue weighted by Gasteiger charge is -2.11. The zero-order valence-corrected chi connectivity index (χ0v) is 11.1. The van der Waals surface area contributed by atoms with Crippen LogP contribution in [0.5, 0.6) is 0 Å². The molecule has 0 fully saturated rings. The predicted molar refractivity (Wildman–Crippen MR) is 77.9 cm³/mol. The molecule has 0 bridgehead atoms. The molecule has 1 atom stereocenters. The first-order valence-corrected chi connectivity index (χ1v) is 7.04. The molecule has 2 heterocycles. The van der Waals surface area contributed by atoms with Crippen molar-refractivity contribution in [2.24, 2.45) is 0 Å². The molecule has 0 saturated heterocycles. The number of aromatic amines is 1. The normalized spacial score (nSPS) is 12.9. The Morgan fingerprint density at radius 1 is 1.22 bits per heavy atom. The van der Waals surface area contributed by atoms with E-state index in [9.17, 15) is 0 Å². The molecule has 3 rings (SSSR count). The summed E-state index contributed by atoms with van der Waals surface area (Å²) in [5.74, 6) is 0. The van der Waals surface area contributed by atoms with Gasteiger partial charge in [0.2, 0.25) is 0 Å². The fourth-order valence-electron chi connectivity index (χ4n) is 2.18. The van der Waals surface area contributed by atoms with Crippen LogP contribution in [0.15, 0.2) is 48.0 Å². The lowest BCUT2D eigenvalue weighted by Crippen LogP contribution is -2.16. The number of para-hydroxylation sites is 1. The van der Waals surface area contributed by atoms with Gasteiger partial charge >= 0.3 is 0 Å². The average molecular weight is 256 g/mol. The van der Waals surface area contributed by atoms with Crippen molar-refractivity contribution >= 4 is 22.2 Å². The molecular formula is C15H16N2S. The molecule has 0 aliphatic heterocycles. The van der Waals surface area contributed by atoms with Gasteiger partial charge in [0.25, 0.3) is 0 Å². The standard InChI is InChI=1S/C15H16N2S/c1-11(15-7-4-8-18-15)16-9-12-10-17-14-6-3-2-5-13(12)14/h2-8,10-11,16-17H,9H2,1H3/t11-/m0/s1. The summed E-state index contributed by atoms with van der Waals surface area (Å²) in [6, 6.07) is 13.1. The Morgan fingerprint density at radius 3 is 2.94 bits per heavy atom. The van der Waals surface area contributed by atoms with Crippen LogP contribution >= 0.6 is 11.3 Å². The molecule has 0 aliphatic carbocycles. The first kappa shape index (κ1) is 11.5. The Balaban J connectivity index is 1.73. The smallest absolute Gasteiger partial charge is 0.0457 e. The van der Waals surface area contributed by atoms with E-state index >= 15 is 0 Å². The average Bonchev–Trinajstić information content (AvgIpc) is 3.06. The third-order valence-electron chi connectivity index (χ3n) is 3.24. The minimum absolute atomic E-state index is 0.402. The van der Waals surface area contributed by atoms with Crippen molar-refractivity contribution in [3.05, 3.63) is 58.4 Å². The van der Waals surface area contributed by atoms with Crippen molar-refractivity contribution in [2.75, 3.05) is 0 Å². The molecule has 2 N–H and O–H groups in total. The van der Waals surface area contributed by atoms with Gasteiger partial charge in [-0.3, -0.25) is 0 Å². The molecule has 3 heteroatoms. The number of hydrogen-bond donors (Lipinski definition) is 2. The van der Waals surface area contributed by atoms with Crippen molar-refractivity contribution in [1.82, 2.24) is 10.3 Å². The molecule has 18 heavy (non-hydrogen) atoms. The van der Waals surface area contributed by atoms with Crippen molar-refractivity contribution in [3.8, 4) is 0 Å². The van der Waals surface area contributed by atoms with E-state index in [1.165, 1.54) is 21.3 Å². The number of aromatic nitrogens is 1. The zero-order chi connectivity index (χ0) is 12.4. The summed E-state index contributed by atoms with van der Waals surface area (Å²) in [5.41, 5.74) is 2.53. The van der Waals surface area contributed by atoms with Gasteiger partial charge in [0.15, 0.2) is 0 Å². The van der Waals surface area contributed by atoms with Crippen molar-refractivity contribution in [3.63, 3.8) is 0 Å². The van der Waals surface area contributed by atoms with Gasteiger partial charge < -0.3 is 10.3 Å². The number of nitrogens with one attached hydrogen (secondary N) is 2. The van der Waals surface area contributed by atoms with Crippen molar-refractivity contribution < 1.29 is 0 Å². The molecule has 0 spiro atoms. The highest BCUT2D eigenvalue weighted by atomic mass is 32.1. The number of benzene rings is 1. The molecule has 0 amide bonds. The first-order valence-electron chi connectivity index (χ1n) is 6.16. The molecule has 0 saturated carbocycles. The summed E-state index contributed by atoms with van der Waals surface area (Å²) >= 11 is 1.80. The van der Waals surface area contributed by atoms with E-state index in [2.05, 4.69) is 65.2 Å². The summed E-state index contributed by atoms with van der Waals surface area (Å²) in [7, 11) is 0. The van der Waals surface area contributed by atoms with Gasteiger partial charge in [0.05, 0.1) is 0 Å². The van der Waals surface area contributed by atoms with Crippen LogP contribution in [0.3, 0.4) is 0 Å². The maximum Gasteiger partial charge on any atom is 0.0457 e. The van der Waals surface area contributed by atoms with Crippen molar-refractivity contribution in [1.29, 1.82) is 0 Å². The van der Waals surface area contributed by atoms with Gasteiger partial charge in [-0.05, 0) is 30.0 Å². The lowest BCUT2D eigenvalue weighted by atomic mass is 10.1. The lowest BCUT2D eigenvalue weighted by molar-refractivity contribution is 0.585. The third-order valence-corrected chi connectivity index (χ3v) is 4.30. The van der Waals surface area contributed by atoms with Crippen LogP contribution in [0.2, 0.25) is 0 Å². The first-order chi connectivity index (χ1) is 8.84. The van der Waals surface area contributed by atoms with Gasteiger partial charge in [-0.2, -0.15) is 0 Å². The van der Waals surface area contributed by atoms with Crippen LogP contribution in [0.25, 0.3) is 10.9 Å². The van der Waals surface area contributed by atoms with Crippen LogP contribution in [0.1, 0.15) is 23.4 Å². The van der Waals surface area contributed by atoms with Crippen LogP contribution in [0, 0.1) is 0 Å². The summed E-state index contributed by atoms with van der Waals surface area (Å²) in [5, 5.41) is 7.00. The molecule has 92 valence electrons. The maximum absolute atomic E-state index is 3.57. The fraction of sp³-hybridized carbons (Fsp3) is 0.200. The van der Waals surface area contributed by atoms with Gasteiger partial charge in [0, 0.05) is 34.6 Å². The SMILES string of the molecule is C[C@H](NCc1c[nH]c2ccccc12)c1cccs1. The second kappa shape index (κ2) is 4.96. The number of rotatable bonds is 4. The quantitative estimate of drug-likeness (QED) is 0.723. The van der Waals surface area contributed by atoms with E-state index in [1.807, 2.05) is 0 Å².